The minimum atomic E-state index is -0.375. The Hall–Kier alpha value is -1.59. The van der Waals surface area contributed by atoms with E-state index in [9.17, 15) is 4.79 Å². The molecule has 1 aliphatic heterocycles. The summed E-state index contributed by atoms with van der Waals surface area (Å²) < 4.78 is 1.56. The van der Waals surface area contributed by atoms with Gasteiger partial charge in [-0.2, -0.15) is 5.10 Å². The fourth-order valence-electron chi connectivity index (χ4n) is 2.57. The van der Waals surface area contributed by atoms with Crippen molar-refractivity contribution in [3.05, 3.63) is 46.0 Å². The standard InChI is InChI=1S/C14H14Cl2N4O/c1-9(20-8-17-7-18-20)14(21)19-3-2-10-4-11(15)5-13(16)12(10)6-19/h4-5,7-9H,2-3,6H2,1H3/t9-/m1/s1. The van der Waals surface area contributed by atoms with Gasteiger partial charge in [-0.3, -0.25) is 4.79 Å². The van der Waals surface area contributed by atoms with Crippen LogP contribution in [0.1, 0.15) is 24.1 Å². The molecule has 0 fully saturated rings. The van der Waals surface area contributed by atoms with Crippen molar-refractivity contribution in [2.75, 3.05) is 6.54 Å². The number of rotatable bonds is 2. The maximum Gasteiger partial charge on any atom is 0.247 e. The number of carbonyl (C=O) groups is 1. The van der Waals surface area contributed by atoms with Crippen LogP contribution in [0.4, 0.5) is 0 Å². The first-order valence-corrected chi connectivity index (χ1v) is 7.41. The average molecular weight is 325 g/mol. The van der Waals surface area contributed by atoms with Gasteiger partial charge in [0.1, 0.15) is 18.7 Å². The fraction of sp³-hybridized carbons (Fsp3) is 0.357. The molecule has 0 unspecified atom stereocenters. The van der Waals surface area contributed by atoms with Crippen molar-refractivity contribution in [1.82, 2.24) is 19.7 Å². The number of carbonyl (C=O) groups excluding carboxylic acids is 1. The monoisotopic (exact) mass is 324 g/mol. The molecule has 3 rings (SSSR count). The highest BCUT2D eigenvalue weighted by Crippen LogP contribution is 2.30. The van der Waals surface area contributed by atoms with Gasteiger partial charge in [0, 0.05) is 23.1 Å². The van der Waals surface area contributed by atoms with Crippen LogP contribution in [-0.2, 0) is 17.8 Å². The van der Waals surface area contributed by atoms with Crippen LogP contribution < -0.4 is 0 Å². The predicted molar refractivity (Wildman–Crippen MR) is 80.3 cm³/mol. The van der Waals surface area contributed by atoms with Crippen LogP contribution in [0, 0.1) is 0 Å². The number of nitrogens with zero attached hydrogens (tertiary/aromatic N) is 4. The molecule has 0 N–H and O–H groups in total. The Balaban J connectivity index is 1.81. The minimum absolute atomic E-state index is 0.0113. The predicted octanol–water partition coefficient (Wildman–Crippen LogP) is 2.73. The van der Waals surface area contributed by atoms with E-state index in [2.05, 4.69) is 10.1 Å². The van der Waals surface area contributed by atoms with Crippen LogP contribution in [0.3, 0.4) is 0 Å². The smallest absolute Gasteiger partial charge is 0.247 e. The Morgan fingerprint density at radius 2 is 2.19 bits per heavy atom. The number of amides is 1. The molecule has 0 bridgehead atoms. The topological polar surface area (TPSA) is 51.0 Å². The Morgan fingerprint density at radius 3 is 2.90 bits per heavy atom. The van der Waals surface area contributed by atoms with Crippen molar-refractivity contribution < 1.29 is 4.79 Å². The molecule has 1 atom stereocenters. The fourth-order valence-corrected chi connectivity index (χ4v) is 3.16. The summed E-state index contributed by atoms with van der Waals surface area (Å²) in [7, 11) is 0. The lowest BCUT2D eigenvalue weighted by Gasteiger charge is -2.31. The second-order valence-corrected chi connectivity index (χ2v) is 5.93. The molecule has 2 aromatic rings. The zero-order chi connectivity index (χ0) is 15.0. The number of hydrogen-bond donors (Lipinski definition) is 0. The van der Waals surface area contributed by atoms with Crippen molar-refractivity contribution in [3.8, 4) is 0 Å². The molecular formula is C14H14Cl2N4O. The number of aromatic nitrogens is 3. The molecule has 1 aromatic carbocycles. The van der Waals surface area contributed by atoms with Gasteiger partial charge in [-0.25, -0.2) is 9.67 Å². The normalized spacial score (nSPS) is 15.7. The summed E-state index contributed by atoms with van der Waals surface area (Å²) in [5.41, 5.74) is 2.09. The van der Waals surface area contributed by atoms with E-state index in [0.717, 1.165) is 17.5 Å². The van der Waals surface area contributed by atoms with E-state index < -0.39 is 0 Å². The van der Waals surface area contributed by atoms with Gasteiger partial charge < -0.3 is 4.90 Å². The Bertz CT molecular complexity index is 672. The molecule has 21 heavy (non-hydrogen) atoms. The average Bonchev–Trinajstić information content (AvgIpc) is 2.99. The van der Waals surface area contributed by atoms with Crippen LogP contribution in [0.2, 0.25) is 10.0 Å². The Morgan fingerprint density at radius 1 is 1.38 bits per heavy atom. The second kappa shape index (κ2) is 5.66. The zero-order valence-electron chi connectivity index (χ0n) is 11.5. The number of hydrogen-bond acceptors (Lipinski definition) is 3. The van der Waals surface area contributed by atoms with Gasteiger partial charge >= 0.3 is 0 Å². The van der Waals surface area contributed by atoms with Gasteiger partial charge in [0.15, 0.2) is 0 Å². The Labute approximate surface area is 132 Å². The van der Waals surface area contributed by atoms with E-state index >= 15 is 0 Å². The summed E-state index contributed by atoms with van der Waals surface area (Å²) in [6.45, 7) is 2.97. The lowest BCUT2D eigenvalue weighted by molar-refractivity contribution is -0.135. The third kappa shape index (κ3) is 2.76. The zero-order valence-corrected chi connectivity index (χ0v) is 13.0. The van der Waals surface area contributed by atoms with Crippen LogP contribution in [0.15, 0.2) is 24.8 Å². The first-order valence-electron chi connectivity index (χ1n) is 6.66. The summed E-state index contributed by atoms with van der Waals surface area (Å²) in [6, 6.07) is 3.27. The summed E-state index contributed by atoms with van der Waals surface area (Å²) in [4.78, 5) is 18.2. The molecular weight excluding hydrogens is 311 g/mol. The SMILES string of the molecule is C[C@H](C(=O)N1CCc2cc(Cl)cc(Cl)c2C1)n1cncn1. The van der Waals surface area contributed by atoms with Crippen LogP contribution in [0.5, 0.6) is 0 Å². The summed E-state index contributed by atoms with van der Waals surface area (Å²) >= 11 is 12.3. The van der Waals surface area contributed by atoms with E-state index in [1.165, 1.54) is 6.33 Å². The van der Waals surface area contributed by atoms with E-state index in [4.69, 9.17) is 23.2 Å². The third-order valence-electron chi connectivity index (χ3n) is 3.76. The van der Waals surface area contributed by atoms with Crippen LogP contribution >= 0.6 is 23.2 Å². The van der Waals surface area contributed by atoms with Crippen molar-refractivity contribution in [2.24, 2.45) is 0 Å². The largest absolute Gasteiger partial charge is 0.336 e. The van der Waals surface area contributed by atoms with Crippen LogP contribution in [0.25, 0.3) is 0 Å². The van der Waals surface area contributed by atoms with Gasteiger partial charge in [-0.1, -0.05) is 23.2 Å². The first-order chi connectivity index (χ1) is 10.1. The van der Waals surface area contributed by atoms with Crippen molar-refractivity contribution in [1.29, 1.82) is 0 Å². The molecule has 0 saturated carbocycles. The molecule has 0 saturated heterocycles. The molecule has 0 radical (unpaired) electrons. The van der Waals surface area contributed by atoms with E-state index in [-0.39, 0.29) is 11.9 Å². The van der Waals surface area contributed by atoms with Crippen molar-refractivity contribution in [3.63, 3.8) is 0 Å². The Kier molecular flexibility index (Phi) is 3.87. The van der Waals surface area contributed by atoms with Crippen LogP contribution in [-0.4, -0.2) is 32.1 Å². The number of fused-ring (bicyclic) bond motifs is 1. The van der Waals surface area contributed by atoms with E-state index in [1.807, 2.05) is 13.0 Å². The van der Waals surface area contributed by atoms with Crippen molar-refractivity contribution in [2.45, 2.75) is 25.9 Å². The summed E-state index contributed by atoms with van der Waals surface area (Å²) in [6.07, 6.45) is 3.73. The lowest BCUT2D eigenvalue weighted by Crippen LogP contribution is -2.40. The molecule has 0 spiro atoms. The number of benzene rings is 1. The van der Waals surface area contributed by atoms with Gasteiger partial charge in [-0.15, -0.1) is 0 Å². The molecule has 7 heteroatoms. The van der Waals surface area contributed by atoms with Gasteiger partial charge in [-0.05, 0) is 36.6 Å². The lowest BCUT2D eigenvalue weighted by atomic mass is 9.99. The summed E-state index contributed by atoms with van der Waals surface area (Å²) in [5.74, 6) is 0.0113. The van der Waals surface area contributed by atoms with Gasteiger partial charge in [0.2, 0.25) is 5.91 Å². The molecule has 1 amide bonds. The maximum absolute atomic E-state index is 12.6. The first kappa shape index (κ1) is 14.4. The quantitative estimate of drug-likeness (QED) is 0.853. The van der Waals surface area contributed by atoms with E-state index in [1.54, 1.807) is 22.0 Å². The molecule has 5 nitrogen and oxygen atoms in total. The molecule has 1 aromatic heterocycles. The molecule has 2 heterocycles. The molecule has 110 valence electrons. The van der Waals surface area contributed by atoms with Gasteiger partial charge in [0.05, 0.1) is 0 Å². The van der Waals surface area contributed by atoms with Gasteiger partial charge in [0.25, 0.3) is 0 Å². The maximum atomic E-state index is 12.6. The highest BCUT2D eigenvalue weighted by molar-refractivity contribution is 6.35. The highest BCUT2D eigenvalue weighted by Gasteiger charge is 2.27. The minimum Gasteiger partial charge on any atom is -0.336 e. The highest BCUT2D eigenvalue weighted by atomic mass is 35.5. The number of halogens is 2. The van der Waals surface area contributed by atoms with Crippen molar-refractivity contribution >= 4 is 29.1 Å². The second-order valence-electron chi connectivity index (χ2n) is 5.09. The molecule has 0 aliphatic carbocycles. The third-order valence-corrected chi connectivity index (χ3v) is 4.31. The summed E-state index contributed by atoms with van der Waals surface area (Å²) in [5, 5.41) is 5.27. The molecule has 1 aliphatic rings. The van der Waals surface area contributed by atoms with E-state index in [0.29, 0.717) is 23.1 Å².